The number of fused-ring (bicyclic) bond motifs is 2. The van der Waals surface area contributed by atoms with Crippen molar-refractivity contribution in [2.24, 2.45) is 0 Å². The summed E-state index contributed by atoms with van der Waals surface area (Å²) in [4.78, 5) is 2.79. The van der Waals surface area contributed by atoms with Crippen LogP contribution in [0.4, 0.5) is 0 Å². The highest BCUT2D eigenvalue weighted by atomic mass is 15.2. The molecule has 0 N–H and O–H groups in total. The summed E-state index contributed by atoms with van der Waals surface area (Å²) in [6.45, 7) is 2.64. The Kier molecular flexibility index (Phi) is 2.38. The third-order valence-corrected chi connectivity index (χ3v) is 5.21. The first-order chi connectivity index (χ1) is 8.88. The molecule has 1 aromatic carbocycles. The van der Waals surface area contributed by atoms with Crippen molar-refractivity contribution in [3.8, 4) is 0 Å². The van der Waals surface area contributed by atoms with Gasteiger partial charge in [0, 0.05) is 5.54 Å². The Labute approximate surface area is 109 Å². The minimum Gasteiger partial charge on any atom is -0.294 e. The predicted octanol–water partition coefficient (Wildman–Crippen LogP) is 3.64. The summed E-state index contributed by atoms with van der Waals surface area (Å²) in [5, 5.41) is 0. The van der Waals surface area contributed by atoms with E-state index in [4.69, 9.17) is 0 Å². The molecule has 94 valence electrons. The average Bonchev–Trinajstić information content (AvgIpc) is 3.05. The van der Waals surface area contributed by atoms with Crippen LogP contribution in [-0.2, 0) is 6.42 Å². The lowest BCUT2D eigenvalue weighted by Crippen LogP contribution is -2.49. The fourth-order valence-corrected chi connectivity index (χ4v) is 4.33. The van der Waals surface area contributed by atoms with Gasteiger partial charge in [0.25, 0.3) is 0 Å². The molecule has 1 saturated carbocycles. The van der Waals surface area contributed by atoms with E-state index >= 15 is 0 Å². The van der Waals surface area contributed by atoms with Crippen molar-refractivity contribution < 1.29 is 0 Å². The van der Waals surface area contributed by atoms with Crippen LogP contribution in [0.3, 0.4) is 0 Å². The highest BCUT2D eigenvalue weighted by Crippen LogP contribution is 2.47. The zero-order valence-electron chi connectivity index (χ0n) is 11.0. The number of benzene rings is 1. The molecule has 1 heterocycles. The molecule has 3 aliphatic rings. The predicted molar refractivity (Wildman–Crippen MR) is 75.5 cm³/mol. The van der Waals surface area contributed by atoms with Crippen LogP contribution in [0.25, 0.3) is 6.08 Å². The monoisotopic (exact) mass is 239 g/mol. The van der Waals surface area contributed by atoms with E-state index in [0.29, 0.717) is 5.54 Å². The van der Waals surface area contributed by atoms with Crippen LogP contribution in [0.1, 0.15) is 43.2 Å². The van der Waals surface area contributed by atoms with Crippen molar-refractivity contribution in [1.29, 1.82) is 0 Å². The lowest BCUT2D eigenvalue weighted by atomic mass is 9.77. The summed E-state index contributed by atoms with van der Waals surface area (Å²) in [5.74, 6) is 0. The van der Waals surface area contributed by atoms with Gasteiger partial charge in [-0.15, -0.1) is 0 Å². The van der Waals surface area contributed by atoms with Crippen molar-refractivity contribution in [1.82, 2.24) is 4.90 Å². The molecule has 0 aromatic heterocycles. The van der Waals surface area contributed by atoms with Crippen molar-refractivity contribution in [2.45, 2.75) is 44.1 Å². The topological polar surface area (TPSA) is 3.24 Å². The van der Waals surface area contributed by atoms with Gasteiger partial charge in [0.1, 0.15) is 0 Å². The molecule has 1 saturated heterocycles. The molecule has 1 nitrogen and oxygen atoms in total. The van der Waals surface area contributed by atoms with E-state index in [1.165, 1.54) is 57.2 Å². The molecule has 0 amide bonds. The first-order valence-corrected chi connectivity index (χ1v) is 7.42. The highest BCUT2D eigenvalue weighted by molar-refractivity contribution is 5.64. The molecule has 1 heteroatoms. The minimum atomic E-state index is 0.408. The van der Waals surface area contributed by atoms with Gasteiger partial charge in [-0.1, -0.05) is 30.3 Å². The van der Waals surface area contributed by atoms with Gasteiger partial charge < -0.3 is 0 Å². The summed E-state index contributed by atoms with van der Waals surface area (Å²) in [6.07, 6.45) is 10.7. The molecule has 18 heavy (non-hydrogen) atoms. The molecule has 4 rings (SSSR count). The first kappa shape index (κ1) is 10.8. The van der Waals surface area contributed by atoms with Gasteiger partial charge in [0.15, 0.2) is 0 Å². The summed E-state index contributed by atoms with van der Waals surface area (Å²) in [6, 6.07) is 8.99. The lowest BCUT2D eigenvalue weighted by Gasteiger charge is -2.43. The maximum Gasteiger partial charge on any atom is 0.0464 e. The van der Waals surface area contributed by atoms with Gasteiger partial charge in [-0.25, -0.2) is 0 Å². The molecule has 1 aromatic rings. The van der Waals surface area contributed by atoms with Crippen LogP contribution >= 0.6 is 0 Å². The van der Waals surface area contributed by atoms with Crippen molar-refractivity contribution in [2.75, 3.05) is 13.1 Å². The van der Waals surface area contributed by atoms with E-state index < -0.39 is 0 Å². The molecular weight excluding hydrogens is 218 g/mol. The molecule has 2 fully saturated rings. The van der Waals surface area contributed by atoms with Crippen LogP contribution in [0.2, 0.25) is 0 Å². The minimum absolute atomic E-state index is 0.408. The van der Waals surface area contributed by atoms with E-state index in [1.807, 2.05) is 0 Å². The summed E-state index contributed by atoms with van der Waals surface area (Å²) >= 11 is 0. The van der Waals surface area contributed by atoms with Crippen molar-refractivity contribution in [3.63, 3.8) is 0 Å². The van der Waals surface area contributed by atoms with Gasteiger partial charge in [-0.05, 0) is 68.3 Å². The Morgan fingerprint density at radius 3 is 2.72 bits per heavy atom. The fourth-order valence-electron chi connectivity index (χ4n) is 4.33. The van der Waals surface area contributed by atoms with Gasteiger partial charge in [0.05, 0.1) is 0 Å². The zero-order chi connectivity index (χ0) is 12.0. The summed E-state index contributed by atoms with van der Waals surface area (Å²) in [7, 11) is 0. The second kappa shape index (κ2) is 3.96. The highest BCUT2D eigenvalue weighted by Gasteiger charge is 2.45. The van der Waals surface area contributed by atoms with Crippen molar-refractivity contribution >= 4 is 6.08 Å². The van der Waals surface area contributed by atoms with E-state index in [9.17, 15) is 0 Å². The molecular formula is C17H21N. The van der Waals surface area contributed by atoms with E-state index in [0.717, 1.165) is 0 Å². The van der Waals surface area contributed by atoms with Crippen LogP contribution in [0, 0.1) is 0 Å². The second-order valence-electron chi connectivity index (χ2n) is 6.12. The Balaban J connectivity index is 1.80. The molecule has 2 aliphatic carbocycles. The number of rotatable bonds is 1. The van der Waals surface area contributed by atoms with Gasteiger partial charge in [0.2, 0.25) is 0 Å². The molecule has 0 spiro atoms. The largest absolute Gasteiger partial charge is 0.294 e. The third kappa shape index (κ3) is 1.43. The number of nitrogens with zero attached hydrogens (tertiary/aromatic N) is 1. The van der Waals surface area contributed by atoms with Crippen LogP contribution in [-0.4, -0.2) is 23.5 Å². The van der Waals surface area contributed by atoms with E-state index in [-0.39, 0.29) is 0 Å². The number of hydrogen-bond acceptors (Lipinski definition) is 1. The molecule has 0 bridgehead atoms. The Morgan fingerprint density at radius 2 is 1.83 bits per heavy atom. The SMILES string of the molecule is C1=C2CCCC2(N2CCCC2)Cc2ccccc21. The Morgan fingerprint density at radius 1 is 1.00 bits per heavy atom. The Bertz CT molecular complexity index is 496. The lowest BCUT2D eigenvalue weighted by molar-refractivity contribution is 0.157. The first-order valence-electron chi connectivity index (χ1n) is 7.42. The Hall–Kier alpha value is -1.08. The number of likely N-dealkylation sites (tertiary alicyclic amines) is 1. The maximum absolute atomic E-state index is 2.79. The maximum atomic E-state index is 2.79. The number of hydrogen-bond donors (Lipinski definition) is 0. The summed E-state index contributed by atoms with van der Waals surface area (Å²) < 4.78 is 0. The third-order valence-electron chi connectivity index (χ3n) is 5.21. The van der Waals surface area contributed by atoms with Crippen LogP contribution in [0.15, 0.2) is 29.8 Å². The standard InChI is InChI=1S/C17H21N/c1-2-7-15-13-17(18-10-3-4-11-18)9-5-8-16(17)12-14(15)6-1/h1-2,6-7,12H,3-5,8-11,13H2. The van der Waals surface area contributed by atoms with E-state index in [1.54, 1.807) is 11.1 Å². The summed E-state index contributed by atoms with van der Waals surface area (Å²) in [5.41, 5.74) is 5.17. The quantitative estimate of drug-likeness (QED) is 0.723. The van der Waals surface area contributed by atoms with Gasteiger partial charge in [-0.3, -0.25) is 4.90 Å². The van der Waals surface area contributed by atoms with E-state index in [2.05, 4.69) is 35.2 Å². The normalized spacial score (nSPS) is 31.0. The average molecular weight is 239 g/mol. The van der Waals surface area contributed by atoms with Crippen LogP contribution in [0.5, 0.6) is 0 Å². The van der Waals surface area contributed by atoms with Gasteiger partial charge >= 0.3 is 0 Å². The molecule has 1 aliphatic heterocycles. The molecule has 1 atom stereocenters. The fraction of sp³-hybridized carbons (Fsp3) is 0.529. The van der Waals surface area contributed by atoms with Crippen molar-refractivity contribution in [3.05, 3.63) is 41.0 Å². The molecule has 0 radical (unpaired) electrons. The van der Waals surface area contributed by atoms with Crippen LogP contribution < -0.4 is 0 Å². The smallest absolute Gasteiger partial charge is 0.0464 e. The van der Waals surface area contributed by atoms with Gasteiger partial charge in [-0.2, -0.15) is 0 Å². The second-order valence-corrected chi connectivity index (χ2v) is 6.12. The zero-order valence-corrected chi connectivity index (χ0v) is 11.0. The molecule has 1 unspecified atom stereocenters.